The van der Waals surface area contributed by atoms with Crippen molar-refractivity contribution in [1.29, 1.82) is 0 Å². The molecule has 3 unspecified atom stereocenters. The molecule has 1 saturated carbocycles. The van der Waals surface area contributed by atoms with Gasteiger partial charge in [-0.25, -0.2) is 0 Å². The van der Waals surface area contributed by atoms with Gasteiger partial charge in [-0.15, -0.1) is 11.8 Å². The van der Waals surface area contributed by atoms with Crippen LogP contribution < -0.4 is 5.73 Å². The second kappa shape index (κ2) is 6.01. The molecule has 2 N–H and O–H groups in total. The summed E-state index contributed by atoms with van der Waals surface area (Å²) in [6.45, 7) is 6.04. The minimum atomic E-state index is 0.181. The molecule has 21 heavy (non-hydrogen) atoms. The number of carbonyl (C=O) groups is 1. The molecular formula is C17H24N2OS. The Labute approximate surface area is 131 Å². The highest BCUT2D eigenvalue weighted by atomic mass is 32.2. The van der Waals surface area contributed by atoms with Gasteiger partial charge in [0.15, 0.2) is 0 Å². The van der Waals surface area contributed by atoms with Crippen molar-refractivity contribution in [3.63, 3.8) is 0 Å². The number of nitrogens with zero attached hydrogens (tertiary/aromatic N) is 1. The molecule has 114 valence electrons. The fourth-order valence-corrected chi connectivity index (χ4v) is 4.59. The topological polar surface area (TPSA) is 46.3 Å². The van der Waals surface area contributed by atoms with Gasteiger partial charge in [-0.05, 0) is 36.8 Å². The Kier molecular flexibility index (Phi) is 4.27. The van der Waals surface area contributed by atoms with Crippen LogP contribution in [0.5, 0.6) is 0 Å². The van der Waals surface area contributed by atoms with Crippen molar-refractivity contribution in [3.05, 3.63) is 29.8 Å². The summed E-state index contributed by atoms with van der Waals surface area (Å²) < 4.78 is 0. The number of hydrogen-bond acceptors (Lipinski definition) is 3. The Hall–Kier alpha value is -1.00. The van der Waals surface area contributed by atoms with Gasteiger partial charge in [-0.1, -0.05) is 26.0 Å². The summed E-state index contributed by atoms with van der Waals surface area (Å²) in [6.07, 6.45) is 2.30. The van der Waals surface area contributed by atoms with Crippen LogP contribution in [0.1, 0.15) is 37.0 Å². The SMILES string of the molecule is CC(C)Sc1ccccc1C(=O)N1CC2CCC(N)C2C1. The fourth-order valence-electron chi connectivity index (χ4n) is 3.64. The van der Waals surface area contributed by atoms with Crippen molar-refractivity contribution < 1.29 is 4.79 Å². The largest absolute Gasteiger partial charge is 0.338 e. The Bertz CT molecular complexity index is 531. The van der Waals surface area contributed by atoms with E-state index in [0.29, 0.717) is 17.1 Å². The first kappa shape index (κ1) is 14.9. The Morgan fingerprint density at radius 1 is 1.29 bits per heavy atom. The van der Waals surface area contributed by atoms with Crippen molar-refractivity contribution >= 4 is 17.7 Å². The van der Waals surface area contributed by atoms with Crippen molar-refractivity contribution in [2.75, 3.05) is 13.1 Å². The first-order valence-corrected chi connectivity index (χ1v) is 8.74. The lowest BCUT2D eigenvalue weighted by molar-refractivity contribution is 0.0776. The third-order valence-corrected chi connectivity index (χ3v) is 5.76. The second-order valence-electron chi connectivity index (χ2n) is 6.54. The monoisotopic (exact) mass is 304 g/mol. The molecule has 3 atom stereocenters. The van der Waals surface area contributed by atoms with Gasteiger partial charge in [0.1, 0.15) is 0 Å². The van der Waals surface area contributed by atoms with Gasteiger partial charge < -0.3 is 10.6 Å². The molecule has 1 aliphatic heterocycles. The summed E-state index contributed by atoms with van der Waals surface area (Å²) in [5, 5.41) is 0.477. The molecule has 0 bridgehead atoms. The van der Waals surface area contributed by atoms with Crippen LogP contribution in [0, 0.1) is 11.8 Å². The van der Waals surface area contributed by atoms with E-state index in [4.69, 9.17) is 5.73 Å². The van der Waals surface area contributed by atoms with Crippen molar-refractivity contribution in [2.24, 2.45) is 17.6 Å². The highest BCUT2D eigenvalue weighted by molar-refractivity contribution is 8.00. The molecular weight excluding hydrogens is 280 g/mol. The first-order valence-electron chi connectivity index (χ1n) is 7.87. The molecule has 0 spiro atoms. The summed E-state index contributed by atoms with van der Waals surface area (Å²) in [7, 11) is 0. The zero-order chi connectivity index (χ0) is 15.0. The lowest BCUT2D eigenvalue weighted by Crippen LogP contribution is -2.33. The van der Waals surface area contributed by atoms with Crippen LogP contribution in [0.4, 0.5) is 0 Å². The summed E-state index contributed by atoms with van der Waals surface area (Å²) in [5.41, 5.74) is 7.03. The van der Waals surface area contributed by atoms with Crippen LogP contribution in [0.2, 0.25) is 0 Å². The van der Waals surface area contributed by atoms with Gasteiger partial charge in [0.25, 0.3) is 5.91 Å². The van der Waals surface area contributed by atoms with E-state index in [1.54, 1.807) is 11.8 Å². The molecule has 1 saturated heterocycles. The number of likely N-dealkylation sites (tertiary alicyclic amines) is 1. The molecule has 3 nitrogen and oxygen atoms in total. The maximum Gasteiger partial charge on any atom is 0.255 e. The summed E-state index contributed by atoms with van der Waals surface area (Å²) in [4.78, 5) is 16.0. The van der Waals surface area contributed by atoms with Gasteiger partial charge in [-0.3, -0.25) is 4.79 Å². The second-order valence-corrected chi connectivity index (χ2v) is 8.16. The van der Waals surface area contributed by atoms with E-state index < -0.39 is 0 Å². The highest BCUT2D eigenvalue weighted by Gasteiger charge is 2.42. The maximum atomic E-state index is 12.9. The van der Waals surface area contributed by atoms with Crippen molar-refractivity contribution in [1.82, 2.24) is 4.90 Å². The van der Waals surface area contributed by atoms with Gasteiger partial charge >= 0.3 is 0 Å². The van der Waals surface area contributed by atoms with Crippen LogP contribution in [0.3, 0.4) is 0 Å². The first-order chi connectivity index (χ1) is 10.1. The predicted octanol–water partition coefficient (Wildman–Crippen LogP) is 3.00. The minimum absolute atomic E-state index is 0.181. The summed E-state index contributed by atoms with van der Waals surface area (Å²) in [5.74, 6) is 1.31. The van der Waals surface area contributed by atoms with E-state index in [1.807, 2.05) is 23.1 Å². The van der Waals surface area contributed by atoms with Gasteiger partial charge in [0.05, 0.1) is 5.56 Å². The molecule has 2 aliphatic rings. The normalized spacial score (nSPS) is 28.2. The summed E-state index contributed by atoms with van der Waals surface area (Å²) in [6, 6.07) is 8.27. The molecule has 1 aromatic carbocycles. The zero-order valence-electron chi connectivity index (χ0n) is 12.8. The minimum Gasteiger partial charge on any atom is -0.338 e. The van der Waals surface area contributed by atoms with E-state index >= 15 is 0 Å². The van der Waals surface area contributed by atoms with E-state index in [9.17, 15) is 4.79 Å². The van der Waals surface area contributed by atoms with Gasteiger partial charge in [0, 0.05) is 29.3 Å². The quantitative estimate of drug-likeness (QED) is 0.873. The fraction of sp³-hybridized carbons (Fsp3) is 0.588. The van der Waals surface area contributed by atoms with Crippen LogP contribution in [-0.2, 0) is 0 Å². The number of carbonyl (C=O) groups excluding carboxylic acids is 1. The summed E-state index contributed by atoms with van der Waals surface area (Å²) >= 11 is 1.76. The van der Waals surface area contributed by atoms with Crippen LogP contribution >= 0.6 is 11.8 Å². The Morgan fingerprint density at radius 2 is 2.05 bits per heavy atom. The average molecular weight is 304 g/mol. The van der Waals surface area contributed by atoms with Crippen molar-refractivity contribution in [2.45, 2.75) is 42.9 Å². The third-order valence-electron chi connectivity index (χ3n) is 4.68. The molecule has 2 fully saturated rings. The predicted molar refractivity (Wildman–Crippen MR) is 87.5 cm³/mol. The van der Waals surface area contributed by atoms with E-state index in [1.165, 1.54) is 6.42 Å². The van der Waals surface area contributed by atoms with E-state index in [0.717, 1.165) is 30.0 Å². The van der Waals surface area contributed by atoms with E-state index in [2.05, 4.69) is 19.9 Å². The molecule has 0 radical (unpaired) electrons. The number of thioether (sulfide) groups is 1. The Morgan fingerprint density at radius 3 is 2.76 bits per heavy atom. The number of benzene rings is 1. The maximum absolute atomic E-state index is 12.9. The standard InChI is InChI=1S/C17H24N2OS/c1-11(2)21-16-6-4-3-5-13(16)17(20)19-9-12-7-8-15(18)14(12)10-19/h3-6,11-12,14-15H,7-10,18H2,1-2H3. The lowest BCUT2D eigenvalue weighted by Gasteiger charge is -2.20. The number of fused-ring (bicyclic) bond motifs is 1. The van der Waals surface area contributed by atoms with Crippen molar-refractivity contribution in [3.8, 4) is 0 Å². The third kappa shape index (κ3) is 2.97. The highest BCUT2D eigenvalue weighted by Crippen LogP contribution is 2.38. The molecule has 1 aromatic rings. The molecule has 4 heteroatoms. The smallest absolute Gasteiger partial charge is 0.255 e. The molecule has 3 rings (SSSR count). The lowest BCUT2D eigenvalue weighted by atomic mass is 9.98. The number of hydrogen-bond donors (Lipinski definition) is 1. The van der Waals surface area contributed by atoms with Gasteiger partial charge in [-0.2, -0.15) is 0 Å². The Balaban J connectivity index is 1.77. The zero-order valence-corrected chi connectivity index (χ0v) is 13.6. The van der Waals surface area contributed by atoms with Gasteiger partial charge in [0.2, 0.25) is 0 Å². The number of rotatable bonds is 3. The van der Waals surface area contributed by atoms with Crippen LogP contribution in [-0.4, -0.2) is 35.2 Å². The average Bonchev–Trinajstić information content (AvgIpc) is 3.01. The molecule has 1 aliphatic carbocycles. The molecule has 0 aromatic heterocycles. The molecule has 1 heterocycles. The number of amides is 1. The molecule has 1 amide bonds. The van der Waals surface area contributed by atoms with Crippen LogP contribution in [0.15, 0.2) is 29.2 Å². The number of nitrogens with two attached hydrogens (primary N) is 1. The van der Waals surface area contributed by atoms with Crippen LogP contribution in [0.25, 0.3) is 0 Å². The van der Waals surface area contributed by atoms with E-state index in [-0.39, 0.29) is 11.9 Å².